The van der Waals surface area contributed by atoms with Gasteiger partial charge < -0.3 is 16.0 Å². The Morgan fingerprint density at radius 3 is 2.46 bits per heavy atom. The van der Waals surface area contributed by atoms with Crippen LogP contribution in [-0.4, -0.2) is 23.9 Å². The van der Waals surface area contributed by atoms with E-state index in [1.807, 2.05) is 19.1 Å². The number of aryl methyl sites for hydroxylation is 1. The summed E-state index contributed by atoms with van der Waals surface area (Å²) in [6.45, 7) is 2.66. The Morgan fingerprint density at radius 2 is 1.83 bits per heavy atom. The molecule has 6 nitrogen and oxygen atoms in total. The van der Waals surface area contributed by atoms with E-state index in [1.54, 1.807) is 12.1 Å². The van der Waals surface area contributed by atoms with Gasteiger partial charge in [0.25, 0.3) is 0 Å². The first-order chi connectivity index (χ1) is 11.3. The van der Waals surface area contributed by atoms with Crippen molar-refractivity contribution >= 4 is 46.0 Å². The van der Waals surface area contributed by atoms with Crippen molar-refractivity contribution in [2.45, 2.75) is 24.2 Å². The lowest BCUT2D eigenvalue weighted by Crippen LogP contribution is -2.07. The number of nitrogen functional groups attached to an aromatic ring is 2. The topological polar surface area (TPSA) is 95.6 Å². The average Bonchev–Trinajstić information content (AvgIpc) is 2.97. The van der Waals surface area contributed by atoms with E-state index in [2.05, 4.69) is 14.5 Å². The summed E-state index contributed by atoms with van der Waals surface area (Å²) in [7, 11) is 0. The van der Waals surface area contributed by atoms with Gasteiger partial charge in [0, 0.05) is 18.0 Å². The second-order valence-corrected chi connectivity index (χ2v) is 7.72. The highest BCUT2D eigenvalue weighted by atomic mass is 35.5. The Balaban J connectivity index is 1.79. The van der Waals surface area contributed by atoms with Crippen LogP contribution in [0.5, 0.6) is 0 Å². The van der Waals surface area contributed by atoms with Crippen molar-refractivity contribution in [3.05, 3.63) is 30.1 Å². The number of alkyl halides is 2. The lowest BCUT2D eigenvalue weighted by molar-refractivity contribution is 0.617. The molecule has 0 aromatic carbocycles. The number of hydrogen-bond acceptors (Lipinski definition) is 5. The summed E-state index contributed by atoms with van der Waals surface area (Å²) in [5.41, 5.74) is 14.8. The number of rotatable bonds is 3. The molecule has 1 aliphatic carbocycles. The minimum Gasteiger partial charge on any atom is -0.384 e. The SMILES string of the molecule is Cc1nc2ccc(-c3cc(N)nc(N)c3)nc2n1CC1CC1(Cl)Cl. The molecular weight excluding hydrogens is 347 g/mol. The highest BCUT2D eigenvalue weighted by Gasteiger charge is 2.51. The Morgan fingerprint density at radius 1 is 1.17 bits per heavy atom. The highest BCUT2D eigenvalue weighted by Crippen LogP contribution is 2.54. The summed E-state index contributed by atoms with van der Waals surface area (Å²) in [6, 6.07) is 7.34. The maximum Gasteiger partial charge on any atom is 0.160 e. The van der Waals surface area contributed by atoms with Crippen molar-refractivity contribution in [1.29, 1.82) is 0 Å². The molecule has 1 saturated carbocycles. The molecule has 8 heteroatoms. The van der Waals surface area contributed by atoms with E-state index in [1.165, 1.54) is 0 Å². The van der Waals surface area contributed by atoms with Crippen molar-refractivity contribution < 1.29 is 0 Å². The number of aromatic nitrogens is 4. The number of halogens is 2. The zero-order valence-corrected chi connectivity index (χ0v) is 14.5. The molecule has 3 aromatic rings. The minimum absolute atomic E-state index is 0.217. The van der Waals surface area contributed by atoms with Gasteiger partial charge in [0.15, 0.2) is 5.65 Å². The van der Waals surface area contributed by atoms with Gasteiger partial charge in [-0.2, -0.15) is 0 Å². The Kier molecular flexibility index (Phi) is 3.37. The predicted octanol–water partition coefficient (Wildman–Crippen LogP) is 3.16. The molecule has 4 N–H and O–H groups in total. The zero-order valence-electron chi connectivity index (χ0n) is 13.0. The van der Waals surface area contributed by atoms with Crippen LogP contribution >= 0.6 is 23.2 Å². The van der Waals surface area contributed by atoms with Crippen molar-refractivity contribution in [2.24, 2.45) is 5.92 Å². The van der Waals surface area contributed by atoms with Gasteiger partial charge in [-0.05, 0) is 37.6 Å². The lowest BCUT2D eigenvalue weighted by atomic mass is 10.1. The van der Waals surface area contributed by atoms with Gasteiger partial charge in [-0.15, -0.1) is 23.2 Å². The summed E-state index contributed by atoms with van der Waals surface area (Å²) in [6.07, 6.45) is 0.784. The van der Waals surface area contributed by atoms with Crippen molar-refractivity contribution in [3.8, 4) is 11.3 Å². The number of anilines is 2. The molecule has 1 unspecified atom stereocenters. The Labute approximate surface area is 148 Å². The van der Waals surface area contributed by atoms with E-state index in [0.29, 0.717) is 18.2 Å². The third-order valence-corrected chi connectivity index (χ3v) is 5.23. The van der Waals surface area contributed by atoms with Crippen LogP contribution in [0.3, 0.4) is 0 Å². The minimum atomic E-state index is -0.630. The molecule has 124 valence electrons. The van der Waals surface area contributed by atoms with Gasteiger partial charge in [-0.25, -0.2) is 15.0 Å². The molecule has 0 amide bonds. The van der Waals surface area contributed by atoms with Crippen LogP contribution in [-0.2, 0) is 6.54 Å². The molecule has 0 aliphatic heterocycles. The first-order valence-electron chi connectivity index (χ1n) is 7.58. The fraction of sp³-hybridized carbons (Fsp3) is 0.312. The van der Waals surface area contributed by atoms with Gasteiger partial charge in [-0.3, -0.25) is 0 Å². The summed E-state index contributed by atoms with van der Waals surface area (Å²) in [5, 5.41) is 0. The number of hydrogen-bond donors (Lipinski definition) is 2. The Hall–Kier alpha value is -2.05. The molecule has 0 bridgehead atoms. The molecule has 3 aromatic heterocycles. The van der Waals surface area contributed by atoms with Crippen LogP contribution in [0.2, 0.25) is 0 Å². The van der Waals surface area contributed by atoms with Gasteiger partial charge in [0.2, 0.25) is 0 Å². The van der Waals surface area contributed by atoms with Crippen LogP contribution in [0.25, 0.3) is 22.4 Å². The van der Waals surface area contributed by atoms with E-state index in [4.69, 9.17) is 39.7 Å². The summed E-state index contributed by atoms with van der Waals surface area (Å²) < 4.78 is 1.43. The van der Waals surface area contributed by atoms with Crippen LogP contribution in [0.15, 0.2) is 24.3 Å². The van der Waals surface area contributed by atoms with Crippen LogP contribution in [0, 0.1) is 12.8 Å². The summed E-state index contributed by atoms with van der Waals surface area (Å²) in [5.74, 6) is 1.83. The monoisotopic (exact) mass is 362 g/mol. The molecule has 1 atom stereocenters. The second kappa shape index (κ2) is 5.22. The number of fused-ring (bicyclic) bond motifs is 1. The highest BCUT2D eigenvalue weighted by molar-refractivity contribution is 6.50. The number of imidazole rings is 1. The van der Waals surface area contributed by atoms with E-state index in [-0.39, 0.29) is 5.92 Å². The molecule has 0 spiro atoms. The molecule has 24 heavy (non-hydrogen) atoms. The van der Waals surface area contributed by atoms with E-state index >= 15 is 0 Å². The van der Waals surface area contributed by atoms with E-state index < -0.39 is 4.33 Å². The number of nitrogens with zero attached hydrogens (tertiary/aromatic N) is 4. The first kappa shape index (κ1) is 15.5. The zero-order chi connectivity index (χ0) is 17.1. The van der Waals surface area contributed by atoms with Gasteiger partial charge in [0.05, 0.1) is 5.69 Å². The lowest BCUT2D eigenvalue weighted by Gasteiger charge is -2.08. The molecular formula is C16H16Cl2N6. The molecule has 1 fully saturated rings. The fourth-order valence-electron chi connectivity index (χ4n) is 2.90. The maximum atomic E-state index is 6.17. The van der Waals surface area contributed by atoms with E-state index in [0.717, 1.165) is 34.7 Å². The third-order valence-electron chi connectivity index (χ3n) is 4.30. The normalized spacial score (nSPS) is 18.9. The van der Waals surface area contributed by atoms with Crippen molar-refractivity contribution in [1.82, 2.24) is 19.5 Å². The van der Waals surface area contributed by atoms with Crippen molar-refractivity contribution in [3.63, 3.8) is 0 Å². The van der Waals surface area contributed by atoms with Gasteiger partial charge in [-0.1, -0.05) is 0 Å². The van der Waals surface area contributed by atoms with Crippen LogP contribution < -0.4 is 11.5 Å². The maximum absolute atomic E-state index is 6.17. The molecule has 1 aliphatic rings. The van der Waals surface area contributed by atoms with Gasteiger partial charge >= 0.3 is 0 Å². The molecule has 3 heterocycles. The van der Waals surface area contributed by atoms with Crippen LogP contribution in [0.4, 0.5) is 11.6 Å². The van der Waals surface area contributed by atoms with Crippen molar-refractivity contribution in [2.75, 3.05) is 11.5 Å². The molecule has 0 radical (unpaired) electrons. The second-order valence-electron chi connectivity index (χ2n) is 6.18. The molecule has 4 rings (SSSR count). The quantitative estimate of drug-likeness (QED) is 0.697. The Bertz CT molecular complexity index is 929. The largest absolute Gasteiger partial charge is 0.384 e. The average molecular weight is 363 g/mol. The predicted molar refractivity (Wildman–Crippen MR) is 96.9 cm³/mol. The smallest absolute Gasteiger partial charge is 0.160 e. The summed E-state index contributed by atoms with van der Waals surface area (Å²) in [4.78, 5) is 13.3. The number of pyridine rings is 2. The van der Waals surface area contributed by atoms with Crippen LogP contribution in [0.1, 0.15) is 12.2 Å². The van der Waals surface area contributed by atoms with E-state index in [9.17, 15) is 0 Å². The summed E-state index contributed by atoms with van der Waals surface area (Å²) >= 11 is 12.3. The first-order valence-corrected chi connectivity index (χ1v) is 8.34. The third kappa shape index (κ3) is 2.65. The molecule has 0 saturated heterocycles. The van der Waals surface area contributed by atoms with Gasteiger partial charge in [0.1, 0.15) is 27.3 Å². The fourth-order valence-corrected chi connectivity index (χ4v) is 3.41. The number of nitrogens with two attached hydrogens (primary N) is 2. The standard InChI is InChI=1S/C16H16Cl2N6/c1-8-21-12-3-2-11(9-4-13(19)23-14(20)5-9)22-15(12)24(8)7-10-6-16(10,17)18/h2-5,10H,6-7H2,1H3,(H4,19,20,23).